The largest absolute Gasteiger partial charge is 0.391 e. The fourth-order valence-corrected chi connectivity index (χ4v) is 6.20. The van der Waals surface area contributed by atoms with Gasteiger partial charge in [-0.15, -0.1) is 0 Å². The second-order valence-corrected chi connectivity index (χ2v) is 10.4. The maximum absolute atomic E-state index is 13.4. The van der Waals surface area contributed by atoms with Gasteiger partial charge in [0.15, 0.2) is 0 Å². The number of likely N-dealkylation sites (tertiary alicyclic amines) is 2. The molecule has 2 heterocycles. The number of rotatable bonds is 5. The molecular formula is C26H41N3O2. The number of amides is 1. The smallest absolute Gasteiger partial charge is 0.240 e. The van der Waals surface area contributed by atoms with Crippen molar-refractivity contribution in [2.24, 2.45) is 0 Å². The predicted molar refractivity (Wildman–Crippen MR) is 125 cm³/mol. The molecule has 1 saturated carbocycles. The van der Waals surface area contributed by atoms with Crippen LogP contribution in [-0.2, 0) is 10.2 Å². The second kappa shape index (κ2) is 9.60. The van der Waals surface area contributed by atoms with Crippen LogP contribution >= 0.6 is 0 Å². The lowest BCUT2D eigenvalue weighted by Crippen LogP contribution is -2.59. The minimum Gasteiger partial charge on any atom is -0.391 e. The van der Waals surface area contributed by atoms with Crippen LogP contribution in [-0.4, -0.2) is 71.7 Å². The first kappa shape index (κ1) is 22.8. The summed E-state index contributed by atoms with van der Waals surface area (Å²) in [5.41, 5.74) is 0.765. The molecular weight excluding hydrogens is 386 g/mol. The minimum atomic E-state index is -0.418. The second-order valence-electron chi connectivity index (χ2n) is 10.4. The first-order valence-electron chi connectivity index (χ1n) is 12.4. The minimum absolute atomic E-state index is 0.115. The zero-order valence-corrected chi connectivity index (χ0v) is 19.5. The van der Waals surface area contributed by atoms with E-state index < -0.39 is 5.54 Å². The molecule has 2 aliphatic heterocycles. The van der Waals surface area contributed by atoms with E-state index >= 15 is 0 Å². The molecule has 0 aromatic heterocycles. The Bertz CT molecular complexity index is 735. The van der Waals surface area contributed by atoms with Crippen LogP contribution in [0.2, 0.25) is 0 Å². The Balaban J connectivity index is 1.53. The fourth-order valence-electron chi connectivity index (χ4n) is 6.20. The highest BCUT2D eigenvalue weighted by molar-refractivity contribution is 5.86. The molecule has 5 nitrogen and oxygen atoms in total. The van der Waals surface area contributed by atoms with Crippen LogP contribution in [0.5, 0.6) is 0 Å². The van der Waals surface area contributed by atoms with Crippen LogP contribution in [0.25, 0.3) is 0 Å². The summed E-state index contributed by atoms with van der Waals surface area (Å²) in [5.74, 6) is 0.158. The maximum atomic E-state index is 13.4. The normalized spacial score (nSPS) is 35.6. The Morgan fingerprint density at radius 3 is 2.42 bits per heavy atom. The highest BCUT2D eigenvalue weighted by Crippen LogP contribution is 2.40. The van der Waals surface area contributed by atoms with E-state index in [0.717, 1.165) is 58.2 Å². The molecule has 0 unspecified atom stereocenters. The number of nitrogens with one attached hydrogen (secondary N) is 1. The van der Waals surface area contributed by atoms with Gasteiger partial charge in [-0.05, 0) is 97.0 Å². The summed E-state index contributed by atoms with van der Waals surface area (Å²) in [5, 5.41) is 14.4. The Labute approximate surface area is 188 Å². The lowest BCUT2D eigenvalue weighted by Gasteiger charge is -2.42. The summed E-state index contributed by atoms with van der Waals surface area (Å²) in [6.45, 7) is 5.95. The number of benzene rings is 1. The maximum Gasteiger partial charge on any atom is 0.240 e. The molecule has 31 heavy (non-hydrogen) atoms. The average Bonchev–Trinajstić information content (AvgIpc) is 3.26. The number of carbonyl (C=O) groups is 1. The van der Waals surface area contributed by atoms with E-state index in [2.05, 4.69) is 59.4 Å². The third kappa shape index (κ3) is 4.69. The third-order valence-electron chi connectivity index (χ3n) is 8.60. The van der Waals surface area contributed by atoms with Gasteiger partial charge in [-0.3, -0.25) is 14.6 Å². The van der Waals surface area contributed by atoms with E-state index in [4.69, 9.17) is 0 Å². The van der Waals surface area contributed by atoms with E-state index in [1.165, 1.54) is 24.8 Å². The van der Waals surface area contributed by atoms with Gasteiger partial charge in [0.25, 0.3) is 0 Å². The number of likely N-dealkylation sites (N-methyl/N-ethyl adjacent to an activating group) is 1. The summed E-state index contributed by atoms with van der Waals surface area (Å²) in [6, 6.07) is 11.0. The fraction of sp³-hybridized carbons (Fsp3) is 0.731. The van der Waals surface area contributed by atoms with E-state index in [0.29, 0.717) is 6.54 Å². The van der Waals surface area contributed by atoms with Gasteiger partial charge in [-0.1, -0.05) is 30.3 Å². The first-order chi connectivity index (χ1) is 14.9. The van der Waals surface area contributed by atoms with Gasteiger partial charge in [0, 0.05) is 18.0 Å². The molecule has 0 bridgehead atoms. The van der Waals surface area contributed by atoms with Crippen LogP contribution in [0.1, 0.15) is 70.3 Å². The van der Waals surface area contributed by atoms with Gasteiger partial charge in [0.1, 0.15) is 0 Å². The Kier molecular flexibility index (Phi) is 7.04. The summed E-state index contributed by atoms with van der Waals surface area (Å²) < 4.78 is 0. The van der Waals surface area contributed by atoms with Gasteiger partial charge in [-0.2, -0.15) is 0 Å². The predicted octanol–water partition coefficient (Wildman–Crippen LogP) is 3.31. The van der Waals surface area contributed by atoms with E-state index in [9.17, 15) is 9.90 Å². The van der Waals surface area contributed by atoms with Crippen molar-refractivity contribution in [1.82, 2.24) is 15.1 Å². The number of aliphatic hydroxyl groups excluding tert-OH is 1. The first-order valence-corrected chi connectivity index (χ1v) is 12.4. The number of hydrogen-bond acceptors (Lipinski definition) is 4. The van der Waals surface area contributed by atoms with Crippen LogP contribution < -0.4 is 5.32 Å². The van der Waals surface area contributed by atoms with Gasteiger partial charge in [0.2, 0.25) is 5.91 Å². The monoisotopic (exact) mass is 427 g/mol. The Morgan fingerprint density at radius 1 is 1.03 bits per heavy atom. The molecule has 1 aliphatic carbocycles. The zero-order chi connectivity index (χ0) is 21.9. The summed E-state index contributed by atoms with van der Waals surface area (Å²) >= 11 is 0. The number of carbonyl (C=O) groups excluding carboxylic acids is 1. The van der Waals surface area contributed by atoms with Crippen molar-refractivity contribution in [2.45, 2.75) is 87.8 Å². The van der Waals surface area contributed by atoms with Crippen molar-refractivity contribution in [2.75, 3.05) is 33.2 Å². The average molecular weight is 428 g/mol. The lowest BCUT2D eigenvalue weighted by atomic mass is 9.74. The quantitative estimate of drug-likeness (QED) is 0.708. The molecule has 1 aromatic carbocycles. The molecule has 4 atom stereocenters. The van der Waals surface area contributed by atoms with Crippen molar-refractivity contribution < 1.29 is 9.90 Å². The van der Waals surface area contributed by atoms with Crippen LogP contribution in [0.4, 0.5) is 0 Å². The molecule has 1 aromatic rings. The summed E-state index contributed by atoms with van der Waals surface area (Å²) in [4.78, 5) is 18.1. The number of nitrogens with zero attached hydrogens (tertiary/aromatic N) is 2. The van der Waals surface area contributed by atoms with Crippen molar-refractivity contribution in [3.63, 3.8) is 0 Å². The van der Waals surface area contributed by atoms with Crippen molar-refractivity contribution in [3.05, 3.63) is 35.9 Å². The standard InChI is InChI=1S/C26H41N3O2/c1-25(14-6-7-17-28(25)2)24(31)27-20-26(21-10-4-3-5-11-21)15-12-22(23(30)13-16-26)29-18-8-9-19-29/h3-5,10-11,22-23,30H,6-9,12-20H2,1-2H3,(H,27,31)/t22-,23-,25-,26-/m0/s1. The molecule has 2 N–H and O–H groups in total. The molecule has 2 saturated heterocycles. The Morgan fingerprint density at radius 2 is 1.71 bits per heavy atom. The number of aliphatic hydroxyl groups is 1. The molecule has 3 aliphatic rings. The Hall–Kier alpha value is -1.43. The van der Waals surface area contributed by atoms with E-state index in [1.807, 2.05) is 0 Å². The van der Waals surface area contributed by atoms with Crippen molar-refractivity contribution >= 4 is 5.91 Å². The highest BCUT2D eigenvalue weighted by atomic mass is 16.3. The van der Waals surface area contributed by atoms with Gasteiger partial charge >= 0.3 is 0 Å². The summed E-state index contributed by atoms with van der Waals surface area (Å²) in [7, 11) is 2.08. The summed E-state index contributed by atoms with van der Waals surface area (Å²) in [6.07, 6.45) is 9.11. The molecule has 1 amide bonds. The number of hydrogen-bond donors (Lipinski definition) is 2. The van der Waals surface area contributed by atoms with Crippen LogP contribution in [0, 0.1) is 0 Å². The molecule has 5 heteroatoms. The highest BCUT2D eigenvalue weighted by Gasteiger charge is 2.43. The zero-order valence-electron chi connectivity index (χ0n) is 19.5. The van der Waals surface area contributed by atoms with Crippen LogP contribution in [0.3, 0.4) is 0 Å². The molecule has 172 valence electrons. The molecule has 4 rings (SSSR count). The van der Waals surface area contributed by atoms with Crippen LogP contribution in [0.15, 0.2) is 30.3 Å². The molecule has 3 fully saturated rings. The molecule has 0 spiro atoms. The van der Waals surface area contributed by atoms with Gasteiger partial charge in [0.05, 0.1) is 11.6 Å². The molecule has 0 radical (unpaired) electrons. The number of piperidine rings is 1. The van der Waals surface area contributed by atoms with Gasteiger partial charge < -0.3 is 10.4 Å². The van der Waals surface area contributed by atoms with E-state index in [1.54, 1.807) is 0 Å². The van der Waals surface area contributed by atoms with Crippen molar-refractivity contribution in [1.29, 1.82) is 0 Å². The topological polar surface area (TPSA) is 55.8 Å². The lowest BCUT2D eigenvalue weighted by molar-refractivity contribution is -0.134. The third-order valence-corrected chi connectivity index (χ3v) is 8.60. The van der Waals surface area contributed by atoms with Crippen molar-refractivity contribution in [3.8, 4) is 0 Å². The SMILES string of the molecule is CN1CCCC[C@@]1(C)C(=O)NC[C@@]1(c2ccccc2)CC[C@H](O)[C@@H](N2CCCC2)CC1. The van der Waals surface area contributed by atoms with Gasteiger partial charge in [-0.25, -0.2) is 0 Å². The van der Waals surface area contributed by atoms with E-state index in [-0.39, 0.29) is 23.5 Å².